The average Bonchev–Trinajstić information content (AvgIpc) is 2.24. The summed E-state index contributed by atoms with van der Waals surface area (Å²) in [5.74, 6) is -1.14. The van der Waals surface area contributed by atoms with E-state index in [-0.39, 0.29) is 0 Å². The molecule has 0 aliphatic heterocycles. The number of hydrogen-bond donors (Lipinski definition) is 0. The minimum absolute atomic E-state index is 0.461. The van der Waals surface area contributed by atoms with Crippen LogP contribution in [-0.2, 0) is 20.8 Å². The highest BCUT2D eigenvalue weighted by atomic mass is 32.2. The molecule has 1 rings (SSSR count). The summed E-state index contributed by atoms with van der Waals surface area (Å²) in [7, 11) is -2.87. The van der Waals surface area contributed by atoms with Crippen LogP contribution in [0.15, 0.2) is 23.1 Å². The van der Waals surface area contributed by atoms with Gasteiger partial charge in [0.1, 0.15) is 0 Å². The second kappa shape index (κ2) is 4.60. The molecule has 0 unspecified atom stereocenters. The van der Waals surface area contributed by atoms with E-state index >= 15 is 0 Å². The highest BCUT2D eigenvalue weighted by Gasteiger charge is 2.33. The molecule has 0 spiro atoms. The summed E-state index contributed by atoms with van der Waals surface area (Å²) in [5.41, 5.74) is -1.75. The van der Waals surface area contributed by atoms with E-state index in [9.17, 15) is 26.4 Å². The molecular weight excluding hydrogens is 273 g/mol. The molecule has 0 amide bonds. The summed E-state index contributed by atoms with van der Waals surface area (Å²) in [6, 6.07) is 1.80. The van der Waals surface area contributed by atoms with Crippen LogP contribution < -0.4 is 0 Å². The smallest absolute Gasteiger partial charge is 0.416 e. The van der Waals surface area contributed by atoms with Crippen LogP contribution in [0.2, 0.25) is 0 Å². The fraction of sp³-hybridized carbons (Fsp3) is 0.300. The van der Waals surface area contributed by atoms with Crippen LogP contribution in [0.4, 0.5) is 13.2 Å². The van der Waals surface area contributed by atoms with E-state index < -0.39 is 38.0 Å². The Balaban J connectivity index is 3.54. The molecule has 0 radical (unpaired) electrons. The van der Waals surface area contributed by atoms with Crippen LogP contribution in [0, 0.1) is 0 Å². The first-order chi connectivity index (χ1) is 8.07. The number of esters is 1. The van der Waals surface area contributed by atoms with Crippen LogP contribution in [-0.4, -0.2) is 27.8 Å². The molecule has 0 atom stereocenters. The Morgan fingerprint density at radius 3 is 2.22 bits per heavy atom. The number of sulfone groups is 1. The molecule has 8 heteroatoms. The average molecular weight is 282 g/mol. The van der Waals surface area contributed by atoms with E-state index in [2.05, 4.69) is 4.74 Å². The molecule has 1 aromatic rings. The summed E-state index contributed by atoms with van der Waals surface area (Å²) >= 11 is 0. The van der Waals surface area contributed by atoms with Gasteiger partial charge in [-0.3, -0.25) is 0 Å². The quantitative estimate of drug-likeness (QED) is 0.777. The van der Waals surface area contributed by atoms with Gasteiger partial charge in [0.2, 0.25) is 0 Å². The largest absolute Gasteiger partial charge is 0.465 e. The van der Waals surface area contributed by atoms with Gasteiger partial charge in [-0.15, -0.1) is 0 Å². The Morgan fingerprint density at radius 2 is 1.83 bits per heavy atom. The lowest BCUT2D eigenvalue weighted by molar-refractivity contribution is -0.137. The molecule has 0 N–H and O–H groups in total. The van der Waals surface area contributed by atoms with Crippen molar-refractivity contribution >= 4 is 15.8 Å². The Kier molecular flexibility index (Phi) is 3.70. The van der Waals surface area contributed by atoms with Crippen molar-refractivity contribution in [2.75, 3.05) is 13.4 Å². The minimum atomic E-state index is -4.67. The Bertz CT molecular complexity index is 575. The fourth-order valence-corrected chi connectivity index (χ4v) is 2.16. The molecule has 100 valence electrons. The maximum atomic E-state index is 12.5. The first-order valence-electron chi connectivity index (χ1n) is 4.57. The van der Waals surface area contributed by atoms with Gasteiger partial charge in [0.15, 0.2) is 9.84 Å². The van der Waals surface area contributed by atoms with Crippen molar-refractivity contribution in [3.8, 4) is 0 Å². The van der Waals surface area contributed by atoms with Gasteiger partial charge >= 0.3 is 12.1 Å². The second-order valence-electron chi connectivity index (χ2n) is 3.47. The summed E-state index contributed by atoms with van der Waals surface area (Å²) in [6.07, 6.45) is -3.87. The van der Waals surface area contributed by atoms with E-state index in [1.165, 1.54) is 0 Å². The van der Waals surface area contributed by atoms with Gasteiger partial charge in [-0.2, -0.15) is 13.2 Å². The Hall–Kier alpha value is -1.57. The van der Waals surface area contributed by atoms with Crippen LogP contribution in [0.1, 0.15) is 15.9 Å². The molecule has 1 aromatic carbocycles. The highest BCUT2D eigenvalue weighted by molar-refractivity contribution is 7.90. The summed E-state index contributed by atoms with van der Waals surface area (Å²) in [6.45, 7) is 0. The molecule has 0 saturated carbocycles. The van der Waals surface area contributed by atoms with Gasteiger partial charge in [-0.25, -0.2) is 13.2 Å². The second-order valence-corrected chi connectivity index (χ2v) is 5.46. The predicted octanol–water partition coefficient (Wildman–Crippen LogP) is 1.90. The third-order valence-corrected chi connectivity index (χ3v) is 3.27. The van der Waals surface area contributed by atoms with Crippen molar-refractivity contribution in [2.24, 2.45) is 0 Å². The number of alkyl halides is 3. The minimum Gasteiger partial charge on any atom is -0.465 e. The lowest BCUT2D eigenvalue weighted by Gasteiger charge is -2.11. The standard InChI is InChI=1S/C10H9F3O4S/c1-17-9(14)7-5-6(10(11,12)13)3-4-8(7)18(2,15)16/h3-5H,1-2H3. The van der Waals surface area contributed by atoms with Crippen molar-refractivity contribution in [3.05, 3.63) is 29.3 Å². The van der Waals surface area contributed by atoms with E-state index in [4.69, 9.17) is 0 Å². The fourth-order valence-electron chi connectivity index (χ4n) is 1.30. The SMILES string of the molecule is COC(=O)c1cc(C(F)(F)F)ccc1S(C)(=O)=O. The number of benzene rings is 1. The van der Waals surface area contributed by atoms with Crippen LogP contribution in [0.5, 0.6) is 0 Å². The van der Waals surface area contributed by atoms with E-state index in [0.29, 0.717) is 12.1 Å². The number of ether oxygens (including phenoxy) is 1. The Morgan fingerprint density at radius 1 is 1.28 bits per heavy atom. The van der Waals surface area contributed by atoms with Crippen molar-refractivity contribution in [2.45, 2.75) is 11.1 Å². The number of carbonyl (C=O) groups excluding carboxylic acids is 1. The lowest BCUT2D eigenvalue weighted by atomic mass is 10.1. The van der Waals surface area contributed by atoms with Crippen molar-refractivity contribution in [1.82, 2.24) is 0 Å². The molecule has 0 saturated heterocycles. The molecular formula is C10H9F3O4S. The third-order valence-electron chi connectivity index (χ3n) is 2.11. The number of hydrogen-bond acceptors (Lipinski definition) is 4. The summed E-state index contributed by atoms with van der Waals surface area (Å²) in [4.78, 5) is 10.8. The molecule has 4 nitrogen and oxygen atoms in total. The molecule has 0 aromatic heterocycles. The van der Waals surface area contributed by atoms with Crippen LogP contribution in [0.3, 0.4) is 0 Å². The zero-order valence-electron chi connectivity index (χ0n) is 9.41. The third kappa shape index (κ3) is 3.00. The van der Waals surface area contributed by atoms with Gasteiger partial charge in [0, 0.05) is 6.26 Å². The van der Waals surface area contributed by atoms with Gasteiger partial charge < -0.3 is 4.74 Å². The van der Waals surface area contributed by atoms with Crippen molar-refractivity contribution < 1.29 is 31.1 Å². The number of carbonyl (C=O) groups is 1. The topological polar surface area (TPSA) is 60.4 Å². The van der Waals surface area contributed by atoms with E-state index in [0.717, 1.165) is 19.4 Å². The normalized spacial score (nSPS) is 12.3. The maximum Gasteiger partial charge on any atom is 0.416 e. The van der Waals surface area contributed by atoms with E-state index in [1.807, 2.05) is 0 Å². The monoisotopic (exact) mass is 282 g/mol. The first-order valence-corrected chi connectivity index (χ1v) is 6.46. The van der Waals surface area contributed by atoms with Gasteiger partial charge in [0.25, 0.3) is 0 Å². The van der Waals surface area contributed by atoms with Crippen molar-refractivity contribution in [3.63, 3.8) is 0 Å². The van der Waals surface area contributed by atoms with Crippen molar-refractivity contribution in [1.29, 1.82) is 0 Å². The first kappa shape index (κ1) is 14.5. The Labute approximate surface area is 101 Å². The zero-order valence-corrected chi connectivity index (χ0v) is 10.2. The van der Waals surface area contributed by atoms with Gasteiger partial charge in [-0.05, 0) is 18.2 Å². The van der Waals surface area contributed by atoms with Crippen LogP contribution in [0.25, 0.3) is 0 Å². The lowest BCUT2D eigenvalue weighted by Crippen LogP contribution is -2.13. The van der Waals surface area contributed by atoms with E-state index in [1.54, 1.807) is 0 Å². The summed E-state index contributed by atoms with van der Waals surface area (Å²) < 4.78 is 64.3. The number of methoxy groups -OCH3 is 1. The maximum absolute atomic E-state index is 12.5. The molecule has 0 aliphatic carbocycles. The number of rotatable bonds is 2. The van der Waals surface area contributed by atoms with Crippen LogP contribution >= 0.6 is 0 Å². The summed E-state index contributed by atoms with van der Waals surface area (Å²) in [5, 5.41) is 0. The highest BCUT2D eigenvalue weighted by Crippen LogP contribution is 2.31. The molecule has 0 fully saturated rings. The number of halogens is 3. The molecule has 0 bridgehead atoms. The predicted molar refractivity (Wildman–Crippen MR) is 55.9 cm³/mol. The molecule has 0 heterocycles. The van der Waals surface area contributed by atoms with Gasteiger partial charge in [-0.1, -0.05) is 0 Å². The zero-order chi connectivity index (χ0) is 14.1. The van der Waals surface area contributed by atoms with Gasteiger partial charge in [0.05, 0.1) is 23.1 Å². The molecule has 0 aliphatic rings. The molecule has 18 heavy (non-hydrogen) atoms.